The Hall–Kier alpha value is -0.120. The van der Waals surface area contributed by atoms with Gasteiger partial charge in [0, 0.05) is 31.2 Å². The molecule has 3 unspecified atom stereocenters. The Balaban J connectivity index is 2.36. The van der Waals surface area contributed by atoms with Gasteiger partial charge in [-0.15, -0.1) is 0 Å². The first-order chi connectivity index (χ1) is 7.56. The molecule has 3 heteroatoms. The molecule has 0 radical (unpaired) electrons. The van der Waals surface area contributed by atoms with E-state index in [-0.39, 0.29) is 0 Å². The average Bonchev–Trinajstić information content (AvgIpc) is 2.25. The van der Waals surface area contributed by atoms with E-state index in [0.29, 0.717) is 12.1 Å². The van der Waals surface area contributed by atoms with E-state index in [1.165, 1.54) is 25.9 Å². The minimum atomic E-state index is 0.690. The molecule has 1 aliphatic rings. The number of hydrogen-bond donors (Lipinski definition) is 1. The van der Waals surface area contributed by atoms with Gasteiger partial charge in [0.2, 0.25) is 0 Å². The highest BCUT2D eigenvalue weighted by molar-refractivity contribution is 4.85. The van der Waals surface area contributed by atoms with Crippen molar-refractivity contribution < 1.29 is 0 Å². The first-order valence-electron chi connectivity index (χ1n) is 6.66. The summed E-state index contributed by atoms with van der Waals surface area (Å²) in [6.45, 7) is 10.6. The summed E-state index contributed by atoms with van der Waals surface area (Å²) in [7, 11) is 4.28. The summed E-state index contributed by atoms with van der Waals surface area (Å²) >= 11 is 0. The molecular formula is C13H29N3. The Bertz CT molecular complexity index is 184. The van der Waals surface area contributed by atoms with Crippen molar-refractivity contribution in [1.82, 2.24) is 15.1 Å². The van der Waals surface area contributed by atoms with Crippen molar-refractivity contribution in [3.8, 4) is 0 Å². The number of nitrogens with one attached hydrogen (secondary N) is 1. The number of hydrogen-bond acceptors (Lipinski definition) is 3. The highest BCUT2D eigenvalue weighted by Gasteiger charge is 2.28. The van der Waals surface area contributed by atoms with Crippen LogP contribution in [0.5, 0.6) is 0 Å². The van der Waals surface area contributed by atoms with Crippen LogP contribution in [0.3, 0.4) is 0 Å². The minimum absolute atomic E-state index is 0.690. The number of likely N-dealkylation sites (N-methyl/N-ethyl adjacent to an activating group) is 1. The van der Waals surface area contributed by atoms with Crippen molar-refractivity contribution in [3.63, 3.8) is 0 Å². The smallest absolute Gasteiger partial charge is 0.0195 e. The lowest BCUT2D eigenvalue weighted by molar-refractivity contribution is 0.0356. The molecule has 1 heterocycles. The van der Waals surface area contributed by atoms with E-state index in [2.05, 4.69) is 42.9 Å². The maximum Gasteiger partial charge on any atom is 0.0195 e. The fourth-order valence-corrected chi connectivity index (χ4v) is 2.56. The lowest BCUT2D eigenvalue weighted by Gasteiger charge is -2.45. The topological polar surface area (TPSA) is 18.5 Å². The molecule has 1 aliphatic heterocycles. The lowest BCUT2D eigenvalue weighted by atomic mass is 10.0. The van der Waals surface area contributed by atoms with Crippen LogP contribution in [0.1, 0.15) is 33.6 Å². The van der Waals surface area contributed by atoms with Crippen molar-refractivity contribution in [2.75, 3.05) is 33.7 Å². The van der Waals surface area contributed by atoms with Gasteiger partial charge in [0.05, 0.1) is 0 Å². The van der Waals surface area contributed by atoms with Crippen molar-refractivity contribution in [2.24, 2.45) is 0 Å². The monoisotopic (exact) mass is 227 g/mol. The summed E-state index contributed by atoms with van der Waals surface area (Å²) in [5.41, 5.74) is 0. The van der Waals surface area contributed by atoms with Crippen LogP contribution in [0, 0.1) is 0 Å². The van der Waals surface area contributed by atoms with E-state index in [0.717, 1.165) is 12.6 Å². The molecular weight excluding hydrogens is 198 g/mol. The Labute approximate surface area is 101 Å². The molecule has 1 rings (SSSR count). The van der Waals surface area contributed by atoms with Gasteiger partial charge in [0.25, 0.3) is 0 Å². The zero-order valence-electron chi connectivity index (χ0n) is 11.7. The SMILES string of the molecule is CNCCCC(C)N1CC(C)N(C)C(C)C1. The summed E-state index contributed by atoms with van der Waals surface area (Å²) in [6.07, 6.45) is 2.59. The van der Waals surface area contributed by atoms with Crippen LogP contribution in [0.25, 0.3) is 0 Å². The van der Waals surface area contributed by atoms with Crippen LogP contribution in [0.4, 0.5) is 0 Å². The van der Waals surface area contributed by atoms with Crippen LogP contribution in [-0.4, -0.2) is 61.7 Å². The molecule has 0 aromatic rings. The van der Waals surface area contributed by atoms with E-state index >= 15 is 0 Å². The van der Waals surface area contributed by atoms with Crippen molar-refractivity contribution in [1.29, 1.82) is 0 Å². The second-order valence-corrected chi connectivity index (χ2v) is 5.41. The fraction of sp³-hybridized carbons (Fsp3) is 1.00. The van der Waals surface area contributed by atoms with E-state index < -0.39 is 0 Å². The third-order valence-electron chi connectivity index (χ3n) is 4.06. The second kappa shape index (κ2) is 6.58. The molecule has 0 bridgehead atoms. The molecule has 0 aromatic carbocycles. The van der Waals surface area contributed by atoms with Crippen LogP contribution in [-0.2, 0) is 0 Å². The summed E-state index contributed by atoms with van der Waals surface area (Å²) < 4.78 is 0. The van der Waals surface area contributed by atoms with Gasteiger partial charge in [-0.3, -0.25) is 9.80 Å². The Morgan fingerprint density at radius 1 is 1.25 bits per heavy atom. The summed E-state index contributed by atoms with van der Waals surface area (Å²) in [4.78, 5) is 5.15. The Morgan fingerprint density at radius 3 is 2.31 bits per heavy atom. The van der Waals surface area contributed by atoms with Crippen LogP contribution >= 0.6 is 0 Å². The zero-order valence-corrected chi connectivity index (χ0v) is 11.7. The highest BCUT2D eigenvalue weighted by Crippen LogP contribution is 2.17. The van der Waals surface area contributed by atoms with E-state index in [4.69, 9.17) is 0 Å². The Morgan fingerprint density at radius 2 is 1.81 bits per heavy atom. The highest BCUT2D eigenvalue weighted by atomic mass is 15.3. The van der Waals surface area contributed by atoms with Gasteiger partial charge in [0.15, 0.2) is 0 Å². The maximum atomic E-state index is 3.22. The first kappa shape index (κ1) is 13.9. The van der Waals surface area contributed by atoms with Gasteiger partial charge in [-0.2, -0.15) is 0 Å². The molecule has 0 aliphatic carbocycles. The third-order valence-corrected chi connectivity index (χ3v) is 4.06. The standard InChI is InChI=1S/C13H29N3/c1-11(7-6-8-14-4)16-9-12(2)15(5)13(3)10-16/h11-14H,6-10H2,1-5H3. The molecule has 96 valence electrons. The average molecular weight is 227 g/mol. The number of piperazine rings is 1. The molecule has 0 saturated carbocycles. The fourth-order valence-electron chi connectivity index (χ4n) is 2.56. The first-order valence-corrected chi connectivity index (χ1v) is 6.66. The molecule has 1 N–H and O–H groups in total. The summed E-state index contributed by atoms with van der Waals surface area (Å²) in [5, 5.41) is 3.22. The third kappa shape index (κ3) is 3.72. The predicted octanol–water partition coefficient (Wildman–Crippen LogP) is 1.40. The number of nitrogens with zero attached hydrogens (tertiary/aromatic N) is 2. The van der Waals surface area contributed by atoms with Gasteiger partial charge in [-0.25, -0.2) is 0 Å². The number of rotatable bonds is 5. The summed E-state index contributed by atoms with van der Waals surface area (Å²) in [5.74, 6) is 0. The van der Waals surface area contributed by atoms with Crippen LogP contribution in [0.2, 0.25) is 0 Å². The molecule has 0 spiro atoms. The Kier molecular flexibility index (Phi) is 5.73. The van der Waals surface area contributed by atoms with E-state index in [9.17, 15) is 0 Å². The second-order valence-electron chi connectivity index (χ2n) is 5.41. The van der Waals surface area contributed by atoms with Crippen LogP contribution in [0.15, 0.2) is 0 Å². The van der Waals surface area contributed by atoms with Gasteiger partial charge in [-0.1, -0.05) is 0 Å². The van der Waals surface area contributed by atoms with Crippen molar-refractivity contribution in [3.05, 3.63) is 0 Å². The predicted molar refractivity (Wildman–Crippen MR) is 70.9 cm³/mol. The molecule has 16 heavy (non-hydrogen) atoms. The molecule has 3 nitrogen and oxygen atoms in total. The van der Waals surface area contributed by atoms with Gasteiger partial charge < -0.3 is 5.32 Å². The van der Waals surface area contributed by atoms with Gasteiger partial charge in [0.1, 0.15) is 0 Å². The molecule has 3 atom stereocenters. The summed E-state index contributed by atoms with van der Waals surface area (Å²) in [6, 6.07) is 2.11. The van der Waals surface area contributed by atoms with E-state index in [1.807, 2.05) is 7.05 Å². The van der Waals surface area contributed by atoms with Gasteiger partial charge in [-0.05, 0) is 54.3 Å². The minimum Gasteiger partial charge on any atom is -0.320 e. The zero-order chi connectivity index (χ0) is 12.1. The molecule has 1 fully saturated rings. The van der Waals surface area contributed by atoms with Crippen molar-refractivity contribution in [2.45, 2.75) is 51.7 Å². The molecule has 1 saturated heterocycles. The molecule has 0 amide bonds. The molecule has 0 aromatic heterocycles. The normalized spacial score (nSPS) is 30.6. The van der Waals surface area contributed by atoms with Gasteiger partial charge >= 0.3 is 0 Å². The van der Waals surface area contributed by atoms with E-state index in [1.54, 1.807) is 0 Å². The quantitative estimate of drug-likeness (QED) is 0.716. The largest absolute Gasteiger partial charge is 0.320 e. The maximum absolute atomic E-state index is 3.22. The van der Waals surface area contributed by atoms with Crippen LogP contribution < -0.4 is 5.32 Å². The lowest BCUT2D eigenvalue weighted by Crippen LogP contribution is -2.57. The van der Waals surface area contributed by atoms with Crippen molar-refractivity contribution >= 4 is 0 Å².